The highest BCUT2D eigenvalue weighted by molar-refractivity contribution is 5.77. The highest BCUT2D eigenvalue weighted by atomic mass is 19.3. The second kappa shape index (κ2) is 8.37. The van der Waals surface area contributed by atoms with Gasteiger partial charge in [-0.3, -0.25) is 4.79 Å². The highest BCUT2D eigenvalue weighted by Gasteiger charge is 2.41. The van der Waals surface area contributed by atoms with Crippen molar-refractivity contribution in [2.24, 2.45) is 5.92 Å². The summed E-state index contributed by atoms with van der Waals surface area (Å²) in [5.74, 6) is -3.62. The first-order valence-corrected chi connectivity index (χ1v) is 7.62. The van der Waals surface area contributed by atoms with Gasteiger partial charge >= 0.3 is 12.3 Å². The van der Waals surface area contributed by atoms with E-state index < -0.39 is 31.5 Å². The van der Waals surface area contributed by atoms with E-state index in [1.807, 2.05) is 12.1 Å². The maximum atomic E-state index is 12.6. The Morgan fingerprint density at radius 3 is 2.88 bits per heavy atom. The quantitative estimate of drug-likeness (QED) is 0.718. The van der Waals surface area contributed by atoms with E-state index in [1.54, 1.807) is 13.2 Å². The van der Waals surface area contributed by atoms with Crippen molar-refractivity contribution in [1.29, 1.82) is 0 Å². The second-order valence-electron chi connectivity index (χ2n) is 5.69. The number of hydrogen-bond donors (Lipinski definition) is 1. The summed E-state index contributed by atoms with van der Waals surface area (Å²) in [5, 5.41) is 2.52. The zero-order valence-corrected chi connectivity index (χ0v) is 13.6. The molecule has 1 N–H and O–H groups in total. The molecule has 0 spiro atoms. The SMILES string of the molecule is COc1cccc2c1OC[C@H](CNC(=O)COCC(F)(F)C(F)F)C2. The van der Waals surface area contributed by atoms with Crippen LogP contribution in [0.25, 0.3) is 0 Å². The number of benzene rings is 1. The Hall–Kier alpha value is -2.03. The summed E-state index contributed by atoms with van der Waals surface area (Å²) < 4.78 is 64.4. The number of halogens is 4. The second-order valence-corrected chi connectivity index (χ2v) is 5.69. The van der Waals surface area contributed by atoms with E-state index in [0.29, 0.717) is 24.5 Å². The molecule has 5 nitrogen and oxygen atoms in total. The van der Waals surface area contributed by atoms with Crippen LogP contribution in [0.15, 0.2) is 18.2 Å². The number of nitrogens with one attached hydrogen (secondary N) is 1. The molecule has 1 aromatic rings. The molecule has 0 unspecified atom stereocenters. The summed E-state index contributed by atoms with van der Waals surface area (Å²) in [7, 11) is 1.54. The molecule has 0 fully saturated rings. The van der Waals surface area contributed by atoms with Crippen LogP contribution < -0.4 is 14.8 Å². The van der Waals surface area contributed by atoms with Gasteiger partial charge < -0.3 is 19.5 Å². The summed E-state index contributed by atoms with van der Waals surface area (Å²) in [6, 6.07) is 5.51. The average molecular weight is 365 g/mol. The molecular formula is C16H19F4NO4. The molecule has 1 heterocycles. The maximum Gasteiger partial charge on any atom is 0.330 e. The van der Waals surface area contributed by atoms with Crippen molar-refractivity contribution in [1.82, 2.24) is 5.32 Å². The lowest BCUT2D eigenvalue weighted by molar-refractivity contribution is -0.168. The molecule has 0 radical (unpaired) electrons. The fourth-order valence-corrected chi connectivity index (χ4v) is 2.40. The predicted molar refractivity (Wildman–Crippen MR) is 80.5 cm³/mol. The number of alkyl halides is 4. The van der Waals surface area contributed by atoms with Crippen LogP contribution in [0, 0.1) is 5.92 Å². The van der Waals surface area contributed by atoms with Gasteiger partial charge in [-0.2, -0.15) is 8.78 Å². The standard InChI is InChI=1S/C16H19F4NO4/c1-23-12-4-2-3-11-5-10(7-25-14(11)12)6-21-13(22)8-24-9-16(19,20)15(17)18/h2-4,10,15H,5-9H2,1H3,(H,21,22)/t10-/m0/s1. The molecule has 0 bridgehead atoms. The number of rotatable bonds is 8. The normalized spacial score (nSPS) is 17.0. The first kappa shape index (κ1) is 19.3. The van der Waals surface area contributed by atoms with Crippen molar-refractivity contribution >= 4 is 5.91 Å². The zero-order chi connectivity index (χ0) is 18.4. The van der Waals surface area contributed by atoms with Crippen LogP contribution in [0.5, 0.6) is 11.5 Å². The van der Waals surface area contributed by atoms with Crippen LogP contribution in [0.3, 0.4) is 0 Å². The summed E-state index contributed by atoms with van der Waals surface area (Å²) in [4.78, 5) is 11.6. The molecule has 9 heteroatoms. The first-order chi connectivity index (χ1) is 11.8. The van der Waals surface area contributed by atoms with Gasteiger partial charge in [-0.05, 0) is 18.1 Å². The molecule has 25 heavy (non-hydrogen) atoms. The molecular weight excluding hydrogens is 346 g/mol. The molecule has 1 aromatic carbocycles. The molecule has 140 valence electrons. The number of methoxy groups -OCH3 is 1. The Bertz CT molecular complexity index is 597. The highest BCUT2D eigenvalue weighted by Crippen LogP contribution is 2.35. The number of carbonyl (C=O) groups is 1. The van der Waals surface area contributed by atoms with Gasteiger partial charge in [0, 0.05) is 12.5 Å². The van der Waals surface area contributed by atoms with E-state index in [-0.39, 0.29) is 12.5 Å². The largest absolute Gasteiger partial charge is 0.493 e. The number of hydrogen-bond acceptors (Lipinski definition) is 4. The van der Waals surface area contributed by atoms with Crippen LogP contribution in [-0.4, -0.2) is 51.7 Å². The van der Waals surface area contributed by atoms with E-state index in [4.69, 9.17) is 9.47 Å². The van der Waals surface area contributed by atoms with E-state index >= 15 is 0 Å². The van der Waals surface area contributed by atoms with Crippen molar-refractivity contribution in [3.05, 3.63) is 23.8 Å². The van der Waals surface area contributed by atoms with E-state index in [2.05, 4.69) is 10.1 Å². The molecule has 1 aliphatic rings. The molecule has 0 aliphatic carbocycles. The monoisotopic (exact) mass is 365 g/mol. The molecule has 1 aliphatic heterocycles. The Balaban J connectivity index is 1.74. The minimum absolute atomic E-state index is 0.00828. The average Bonchev–Trinajstić information content (AvgIpc) is 2.58. The van der Waals surface area contributed by atoms with Crippen LogP contribution in [0.4, 0.5) is 17.6 Å². The third kappa shape index (κ3) is 5.22. The van der Waals surface area contributed by atoms with Crippen molar-refractivity contribution < 1.29 is 36.6 Å². The number of fused-ring (bicyclic) bond motifs is 1. The van der Waals surface area contributed by atoms with Crippen molar-refractivity contribution in [3.8, 4) is 11.5 Å². The van der Waals surface area contributed by atoms with Crippen molar-refractivity contribution in [2.75, 3.05) is 33.5 Å². The van der Waals surface area contributed by atoms with Gasteiger partial charge in [0.15, 0.2) is 11.5 Å². The van der Waals surface area contributed by atoms with Crippen LogP contribution >= 0.6 is 0 Å². The molecule has 0 saturated heterocycles. The summed E-state index contributed by atoms with van der Waals surface area (Å²) in [6.45, 7) is -1.60. The van der Waals surface area contributed by atoms with E-state index in [9.17, 15) is 22.4 Å². The number of para-hydroxylation sites is 1. The Kier molecular flexibility index (Phi) is 6.46. The number of carbonyl (C=O) groups excluding carboxylic acids is 1. The lowest BCUT2D eigenvalue weighted by atomic mass is 9.96. The Labute approximate surface area is 142 Å². The van der Waals surface area contributed by atoms with Gasteiger partial charge in [-0.15, -0.1) is 0 Å². The molecule has 1 atom stereocenters. The fraction of sp³-hybridized carbons (Fsp3) is 0.562. The van der Waals surface area contributed by atoms with Crippen LogP contribution in [-0.2, 0) is 16.0 Å². The molecule has 0 aromatic heterocycles. The summed E-state index contributed by atoms with van der Waals surface area (Å²) in [5.41, 5.74) is 0.942. The zero-order valence-electron chi connectivity index (χ0n) is 13.6. The lowest BCUT2D eigenvalue weighted by Crippen LogP contribution is -2.38. The third-order valence-electron chi connectivity index (χ3n) is 3.69. The summed E-state index contributed by atoms with van der Waals surface area (Å²) >= 11 is 0. The first-order valence-electron chi connectivity index (χ1n) is 7.62. The maximum absolute atomic E-state index is 12.6. The van der Waals surface area contributed by atoms with Gasteiger partial charge in [-0.1, -0.05) is 12.1 Å². The third-order valence-corrected chi connectivity index (χ3v) is 3.69. The van der Waals surface area contributed by atoms with Gasteiger partial charge in [0.25, 0.3) is 0 Å². The summed E-state index contributed by atoms with van der Waals surface area (Å²) in [6.07, 6.45) is -3.18. The van der Waals surface area contributed by atoms with Gasteiger partial charge in [0.05, 0.1) is 13.7 Å². The van der Waals surface area contributed by atoms with Crippen molar-refractivity contribution in [3.63, 3.8) is 0 Å². The molecule has 2 rings (SSSR count). The Morgan fingerprint density at radius 1 is 1.44 bits per heavy atom. The lowest BCUT2D eigenvalue weighted by Gasteiger charge is -2.26. The fourth-order valence-electron chi connectivity index (χ4n) is 2.40. The number of amides is 1. The molecule has 0 saturated carbocycles. The number of ether oxygens (including phenoxy) is 3. The minimum atomic E-state index is -4.26. The smallest absolute Gasteiger partial charge is 0.330 e. The van der Waals surface area contributed by atoms with Crippen LogP contribution in [0.2, 0.25) is 0 Å². The van der Waals surface area contributed by atoms with Crippen LogP contribution in [0.1, 0.15) is 5.56 Å². The van der Waals surface area contributed by atoms with E-state index in [1.165, 1.54) is 0 Å². The van der Waals surface area contributed by atoms with Crippen molar-refractivity contribution in [2.45, 2.75) is 18.8 Å². The van der Waals surface area contributed by atoms with Gasteiger partial charge in [0.2, 0.25) is 5.91 Å². The van der Waals surface area contributed by atoms with Gasteiger partial charge in [0.1, 0.15) is 13.2 Å². The van der Waals surface area contributed by atoms with E-state index in [0.717, 1.165) is 5.56 Å². The van der Waals surface area contributed by atoms with Gasteiger partial charge in [-0.25, -0.2) is 8.78 Å². The minimum Gasteiger partial charge on any atom is -0.493 e. The Morgan fingerprint density at radius 2 is 2.20 bits per heavy atom. The molecule has 1 amide bonds. The topological polar surface area (TPSA) is 56.8 Å². The predicted octanol–water partition coefficient (Wildman–Crippen LogP) is 2.28.